The second kappa shape index (κ2) is 5.09. The van der Waals surface area contributed by atoms with Crippen molar-refractivity contribution in [2.75, 3.05) is 38.1 Å². The second-order valence-corrected chi connectivity index (χ2v) is 6.08. The monoisotopic (exact) mass is 274 g/mol. The van der Waals surface area contributed by atoms with E-state index in [0.717, 1.165) is 51.0 Å². The van der Waals surface area contributed by atoms with Crippen molar-refractivity contribution in [3.05, 3.63) is 29.8 Å². The zero-order chi connectivity index (χ0) is 14.2. The lowest BCUT2D eigenvalue weighted by molar-refractivity contribution is -0.147. The molecule has 108 valence electrons. The van der Waals surface area contributed by atoms with Crippen LogP contribution in [0.15, 0.2) is 24.3 Å². The lowest BCUT2D eigenvalue weighted by Crippen LogP contribution is -2.45. The Morgan fingerprint density at radius 1 is 1.20 bits per heavy atom. The molecular weight excluding hydrogens is 252 g/mol. The number of rotatable bonds is 3. The molecule has 0 unspecified atom stereocenters. The van der Waals surface area contributed by atoms with E-state index in [1.807, 2.05) is 12.1 Å². The van der Waals surface area contributed by atoms with Crippen LogP contribution >= 0.6 is 0 Å². The van der Waals surface area contributed by atoms with Gasteiger partial charge in [-0.15, -0.1) is 0 Å². The second-order valence-electron chi connectivity index (χ2n) is 6.08. The third-order valence-electron chi connectivity index (χ3n) is 4.88. The lowest BCUT2D eigenvalue weighted by atomic mass is 9.64. The summed E-state index contributed by atoms with van der Waals surface area (Å²) in [6, 6.07) is 8.18. The summed E-state index contributed by atoms with van der Waals surface area (Å²) in [5.74, 6) is -0.667. The fraction of sp³-hybridized carbons (Fsp3) is 0.562. The smallest absolute Gasteiger partial charge is 0.314 e. The van der Waals surface area contributed by atoms with Crippen molar-refractivity contribution in [2.24, 2.45) is 0 Å². The van der Waals surface area contributed by atoms with Crippen molar-refractivity contribution < 1.29 is 9.90 Å². The number of nitrogens with zero attached hydrogens (tertiary/aromatic N) is 2. The minimum absolute atomic E-state index is 0.622. The molecule has 1 heterocycles. The van der Waals surface area contributed by atoms with Crippen molar-refractivity contribution in [2.45, 2.75) is 24.7 Å². The van der Waals surface area contributed by atoms with Crippen LogP contribution in [0, 0.1) is 0 Å². The molecule has 0 spiro atoms. The Balaban J connectivity index is 1.84. The maximum atomic E-state index is 11.6. The molecule has 0 radical (unpaired) electrons. The van der Waals surface area contributed by atoms with E-state index < -0.39 is 11.4 Å². The van der Waals surface area contributed by atoms with Gasteiger partial charge in [0.15, 0.2) is 0 Å². The molecule has 0 bridgehead atoms. The molecule has 1 aromatic rings. The van der Waals surface area contributed by atoms with Crippen molar-refractivity contribution in [1.82, 2.24) is 4.90 Å². The number of likely N-dealkylation sites (N-methyl/N-ethyl adjacent to an activating group) is 1. The predicted octanol–water partition coefficient (Wildman–Crippen LogP) is 1.94. The Morgan fingerprint density at radius 3 is 2.45 bits per heavy atom. The van der Waals surface area contributed by atoms with Crippen molar-refractivity contribution in [3.8, 4) is 0 Å². The molecule has 1 saturated heterocycles. The Hall–Kier alpha value is -1.55. The summed E-state index contributed by atoms with van der Waals surface area (Å²) in [6.07, 6.45) is 2.56. The molecule has 1 N–H and O–H groups in total. The van der Waals surface area contributed by atoms with Gasteiger partial charge in [0.05, 0.1) is 5.41 Å². The van der Waals surface area contributed by atoms with Crippen molar-refractivity contribution >= 4 is 11.7 Å². The summed E-state index contributed by atoms with van der Waals surface area (Å²) in [5, 5.41) is 9.55. The van der Waals surface area contributed by atoms with Gasteiger partial charge < -0.3 is 14.9 Å². The number of carbonyl (C=O) groups is 1. The Kier molecular flexibility index (Phi) is 3.42. The van der Waals surface area contributed by atoms with Gasteiger partial charge >= 0.3 is 5.97 Å². The van der Waals surface area contributed by atoms with Gasteiger partial charge in [0.25, 0.3) is 0 Å². The molecule has 1 aliphatic carbocycles. The molecule has 2 fully saturated rings. The van der Waals surface area contributed by atoms with Gasteiger partial charge in [-0.2, -0.15) is 0 Å². The molecule has 1 saturated carbocycles. The van der Waals surface area contributed by atoms with Crippen LogP contribution in [0.1, 0.15) is 24.8 Å². The highest BCUT2D eigenvalue weighted by molar-refractivity contribution is 5.83. The zero-order valence-corrected chi connectivity index (χ0v) is 12.0. The van der Waals surface area contributed by atoms with Crippen LogP contribution in [0.4, 0.5) is 5.69 Å². The molecule has 20 heavy (non-hydrogen) atoms. The van der Waals surface area contributed by atoms with E-state index in [0.29, 0.717) is 0 Å². The number of hydrogen-bond donors (Lipinski definition) is 1. The highest BCUT2D eigenvalue weighted by Gasteiger charge is 2.46. The van der Waals surface area contributed by atoms with Gasteiger partial charge in [0.2, 0.25) is 0 Å². The maximum Gasteiger partial charge on any atom is 0.314 e. The van der Waals surface area contributed by atoms with Gasteiger partial charge in [-0.25, -0.2) is 0 Å². The van der Waals surface area contributed by atoms with E-state index in [1.165, 1.54) is 5.69 Å². The first kappa shape index (κ1) is 13.4. The summed E-state index contributed by atoms with van der Waals surface area (Å²) < 4.78 is 0. The fourth-order valence-corrected chi connectivity index (χ4v) is 3.22. The van der Waals surface area contributed by atoms with Crippen LogP contribution in [0.2, 0.25) is 0 Å². The number of carboxylic acid groups (broad SMARTS) is 1. The van der Waals surface area contributed by atoms with Gasteiger partial charge in [0, 0.05) is 31.9 Å². The number of benzene rings is 1. The van der Waals surface area contributed by atoms with Crippen molar-refractivity contribution in [3.63, 3.8) is 0 Å². The average molecular weight is 274 g/mol. The van der Waals surface area contributed by atoms with E-state index in [9.17, 15) is 9.90 Å². The molecule has 4 nitrogen and oxygen atoms in total. The Bertz CT molecular complexity index is 503. The molecule has 1 aromatic carbocycles. The third kappa shape index (κ3) is 2.18. The maximum absolute atomic E-state index is 11.6. The van der Waals surface area contributed by atoms with E-state index in [-0.39, 0.29) is 0 Å². The fourth-order valence-electron chi connectivity index (χ4n) is 3.22. The summed E-state index contributed by atoms with van der Waals surface area (Å²) >= 11 is 0. The van der Waals surface area contributed by atoms with Crippen LogP contribution in [0.5, 0.6) is 0 Å². The molecule has 4 heteroatoms. The summed E-state index contributed by atoms with van der Waals surface area (Å²) in [7, 11) is 2.14. The highest BCUT2D eigenvalue weighted by atomic mass is 16.4. The molecular formula is C16H22N2O2. The largest absolute Gasteiger partial charge is 0.481 e. The number of anilines is 1. The average Bonchev–Trinajstić information content (AvgIpc) is 2.38. The van der Waals surface area contributed by atoms with E-state index in [4.69, 9.17) is 0 Å². The molecule has 0 atom stereocenters. The predicted molar refractivity (Wildman–Crippen MR) is 79.3 cm³/mol. The highest BCUT2D eigenvalue weighted by Crippen LogP contribution is 2.44. The molecule has 2 aliphatic rings. The first-order valence-corrected chi connectivity index (χ1v) is 7.39. The number of carboxylic acids is 1. The number of aliphatic carboxylic acids is 1. The Labute approximate surface area is 120 Å². The number of piperazine rings is 1. The van der Waals surface area contributed by atoms with E-state index in [2.05, 4.69) is 29.0 Å². The standard InChI is InChI=1S/C16H22N2O2/c1-17-8-10-18(11-9-17)14-5-2-4-13(12-14)16(15(19)20)6-3-7-16/h2,4-5,12H,3,6-11H2,1H3,(H,19,20). The molecule has 3 rings (SSSR count). The van der Waals surface area contributed by atoms with Gasteiger partial charge in [-0.05, 0) is 37.6 Å². The molecule has 1 aliphatic heterocycles. The third-order valence-corrected chi connectivity index (χ3v) is 4.88. The van der Waals surface area contributed by atoms with Crippen LogP contribution < -0.4 is 4.90 Å². The first-order chi connectivity index (χ1) is 9.62. The minimum atomic E-state index is -0.667. The topological polar surface area (TPSA) is 43.8 Å². The SMILES string of the molecule is CN1CCN(c2cccc(C3(C(=O)O)CCC3)c2)CC1. The first-order valence-electron chi connectivity index (χ1n) is 7.39. The minimum Gasteiger partial charge on any atom is -0.481 e. The van der Waals surface area contributed by atoms with Crippen LogP contribution in [0.25, 0.3) is 0 Å². The molecule has 0 aromatic heterocycles. The zero-order valence-electron chi connectivity index (χ0n) is 12.0. The van der Waals surface area contributed by atoms with E-state index in [1.54, 1.807) is 0 Å². The van der Waals surface area contributed by atoms with Gasteiger partial charge in [0.1, 0.15) is 0 Å². The normalized spacial score (nSPS) is 22.4. The van der Waals surface area contributed by atoms with Gasteiger partial charge in [-0.1, -0.05) is 18.6 Å². The van der Waals surface area contributed by atoms with Crippen LogP contribution in [-0.2, 0) is 10.2 Å². The Morgan fingerprint density at radius 2 is 1.90 bits per heavy atom. The quantitative estimate of drug-likeness (QED) is 0.915. The number of hydrogen-bond acceptors (Lipinski definition) is 3. The lowest BCUT2D eigenvalue weighted by Gasteiger charge is -2.39. The van der Waals surface area contributed by atoms with Gasteiger partial charge in [-0.3, -0.25) is 4.79 Å². The molecule has 0 amide bonds. The van der Waals surface area contributed by atoms with Crippen LogP contribution in [-0.4, -0.2) is 49.2 Å². The summed E-state index contributed by atoms with van der Waals surface area (Å²) in [4.78, 5) is 16.3. The van der Waals surface area contributed by atoms with E-state index >= 15 is 0 Å². The summed E-state index contributed by atoms with van der Waals surface area (Å²) in [6.45, 7) is 4.16. The summed E-state index contributed by atoms with van der Waals surface area (Å²) in [5.41, 5.74) is 1.53. The van der Waals surface area contributed by atoms with Crippen LogP contribution in [0.3, 0.4) is 0 Å². The van der Waals surface area contributed by atoms with Crippen molar-refractivity contribution in [1.29, 1.82) is 0 Å².